The number of aromatic nitrogens is 1. The Labute approximate surface area is 134 Å². The minimum absolute atomic E-state index is 0.0463. The Bertz CT molecular complexity index is 777. The van der Waals surface area contributed by atoms with Crippen molar-refractivity contribution in [2.24, 2.45) is 0 Å². The Kier molecular flexibility index (Phi) is 4.95. The molecule has 118 valence electrons. The molecular formula is C19H19FN2O. The zero-order valence-electron chi connectivity index (χ0n) is 12.7. The van der Waals surface area contributed by atoms with Gasteiger partial charge in [0, 0.05) is 30.8 Å². The molecule has 0 bridgehead atoms. The number of pyridine rings is 1. The van der Waals surface area contributed by atoms with Crippen LogP contribution in [0.5, 0.6) is 0 Å². The van der Waals surface area contributed by atoms with Crippen LogP contribution in [-0.4, -0.2) is 16.7 Å². The molecular weight excluding hydrogens is 291 g/mol. The number of nitrogens with zero attached hydrogens (tertiary/aromatic N) is 1. The van der Waals surface area contributed by atoms with Gasteiger partial charge in [0.05, 0.1) is 5.52 Å². The summed E-state index contributed by atoms with van der Waals surface area (Å²) in [5.74, 6) is -0.258. The van der Waals surface area contributed by atoms with Crippen LogP contribution in [0.2, 0.25) is 0 Å². The average molecular weight is 310 g/mol. The summed E-state index contributed by atoms with van der Waals surface area (Å²) in [6.45, 7) is 0.669. The van der Waals surface area contributed by atoms with Crippen LogP contribution >= 0.6 is 0 Å². The van der Waals surface area contributed by atoms with E-state index in [0.29, 0.717) is 23.9 Å². The van der Waals surface area contributed by atoms with Crippen LogP contribution in [-0.2, 0) is 6.54 Å². The van der Waals surface area contributed by atoms with Gasteiger partial charge in [0.2, 0.25) is 0 Å². The molecule has 1 heterocycles. The fraction of sp³-hybridized carbons (Fsp3) is 0.211. The highest BCUT2D eigenvalue weighted by Gasteiger charge is 2.12. The lowest BCUT2D eigenvalue weighted by molar-refractivity contribution is 0.265. The van der Waals surface area contributed by atoms with Crippen LogP contribution in [0.25, 0.3) is 10.9 Å². The molecule has 23 heavy (non-hydrogen) atoms. The first-order valence-electron chi connectivity index (χ1n) is 7.71. The summed E-state index contributed by atoms with van der Waals surface area (Å²) in [7, 11) is 0. The quantitative estimate of drug-likeness (QED) is 0.731. The molecule has 0 saturated heterocycles. The van der Waals surface area contributed by atoms with Crippen LogP contribution in [0.3, 0.4) is 0 Å². The fourth-order valence-electron chi connectivity index (χ4n) is 2.77. The van der Waals surface area contributed by atoms with Crippen molar-refractivity contribution in [1.82, 2.24) is 10.3 Å². The minimum atomic E-state index is -0.258. The molecule has 1 unspecified atom stereocenters. The lowest BCUT2D eigenvalue weighted by Crippen LogP contribution is -2.22. The van der Waals surface area contributed by atoms with Gasteiger partial charge in [-0.15, -0.1) is 0 Å². The molecule has 0 aliphatic carbocycles. The van der Waals surface area contributed by atoms with Crippen molar-refractivity contribution in [2.75, 3.05) is 6.61 Å². The summed E-state index contributed by atoms with van der Waals surface area (Å²) >= 11 is 0. The number of hydrogen-bond donors (Lipinski definition) is 2. The first kappa shape index (κ1) is 15.6. The summed E-state index contributed by atoms with van der Waals surface area (Å²) in [6.07, 6.45) is 2.30. The first-order chi connectivity index (χ1) is 11.3. The predicted octanol–water partition coefficient (Wildman–Crippen LogP) is 3.59. The van der Waals surface area contributed by atoms with Gasteiger partial charge >= 0.3 is 0 Å². The summed E-state index contributed by atoms with van der Waals surface area (Å²) in [5.41, 5.74) is 2.75. The molecule has 0 saturated carbocycles. The molecule has 3 aromatic rings. The van der Waals surface area contributed by atoms with Gasteiger partial charge < -0.3 is 10.4 Å². The van der Waals surface area contributed by atoms with Crippen LogP contribution in [0.1, 0.15) is 23.6 Å². The highest BCUT2D eigenvalue weighted by atomic mass is 19.1. The molecule has 0 aliphatic rings. The fourth-order valence-corrected chi connectivity index (χ4v) is 2.77. The number of fused-ring (bicyclic) bond motifs is 1. The number of benzene rings is 2. The second-order valence-electron chi connectivity index (χ2n) is 5.46. The van der Waals surface area contributed by atoms with E-state index in [9.17, 15) is 9.50 Å². The number of nitrogens with one attached hydrogen (secondary N) is 1. The Hall–Kier alpha value is -2.30. The summed E-state index contributed by atoms with van der Waals surface area (Å²) in [5, 5.41) is 13.3. The van der Waals surface area contributed by atoms with Gasteiger partial charge in [0.25, 0.3) is 0 Å². The van der Waals surface area contributed by atoms with E-state index in [-0.39, 0.29) is 18.5 Å². The largest absolute Gasteiger partial charge is 0.396 e. The van der Waals surface area contributed by atoms with Gasteiger partial charge in [-0.2, -0.15) is 0 Å². The zero-order chi connectivity index (χ0) is 16.1. The van der Waals surface area contributed by atoms with Crippen molar-refractivity contribution >= 4 is 10.9 Å². The minimum Gasteiger partial charge on any atom is -0.396 e. The Morgan fingerprint density at radius 3 is 2.65 bits per heavy atom. The molecule has 0 amide bonds. The van der Waals surface area contributed by atoms with Crippen LogP contribution in [0.15, 0.2) is 60.8 Å². The van der Waals surface area contributed by atoms with E-state index in [2.05, 4.69) is 10.3 Å². The molecule has 0 aliphatic heterocycles. The molecule has 3 rings (SSSR count). The maximum Gasteiger partial charge on any atom is 0.132 e. The molecule has 4 heteroatoms. The predicted molar refractivity (Wildman–Crippen MR) is 89.4 cm³/mol. The van der Waals surface area contributed by atoms with Crippen molar-refractivity contribution in [1.29, 1.82) is 0 Å². The first-order valence-corrected chi connectivity index (χ1v) is 7.71. The van der Waals surface area contributed by atoms with Crippen LogP contribution < -0.4 is 5.32 Å². The van der Waals surface area contributed by atoms with Crippen LogP contribution in [0.4, 0.5) is 4.39 Å². The second-order valence-corrected chi connectivity index (χ2v) is 5.46. The smallest absolute Gasteiger partial charge is 0.132 e. The highest BCUT2D eigenvalue weighted by Crippen LogP contribution is 2.22. The van der Waals surface area contributed by atoms with E-state index >= 15 is 0 Å². The third-order valence-corrected chi connectivity index (χ3v) is 3.96. The Balaban J connectivity index is 1.83. The van der Waals surface area contributed by atoms with Gasteiger partial charge in [-0.1, -0.05) is 36.4 Å². The van der Waals surface area contributed by atoms with Gasteiger partial charge in [-0.05, 0) is 35.7 Å². The van der Waals surface area contributed by atoms with E-state index in [1.807, 2.05) is 30.3 Å². The number of halogens is 1. The number of aliphatic hydroxyl groups excluding tert-OH is 1. The molecule has 1 aromatic heterocycles. The molecule has 0 spiro atoms. The van der Waals surface area contributed by atoms with E-state index in [0.717, 1.165) is 11.1 Å². The van der Waals surface area contributed by atoms with Crippen molar-refractivity contribution < 1.29 is 9.50 Å². The van der Waals surface area contributed by atoms with E-state index in [1.54, 1.807) is 24.4 Å². The van der Waals surface area contributed by atoms with Gasteiger partial charge in [0.15, 0.2) is 0 Å². The molecule has 1 atom stereocenters. The Morgan fingerprint density at radius 1 is 1.04 bits per heavy atom. The van der Waals surface area contributed by atoms with E-state index < -0.39 is 0 Å². The molecule has 0 radical (unpaired) electrons. The molecule has 2 aromatic carbocycles. The number of rotatable bonds is 6. The highest BCUT2D eigenvalue weighted by molar-refractivity contribution is 5.82. The third-order valence-electron chi connectivity index (χ3n) is 3.96. The van der Waals surface area contributed by atoms with Crippen molar-refractivity contribution in [3.05, 3.63) is 77.7 Å². The maximum absolute atomic E-state index is 13.9. The van der Waals surface area contributed by atoms with E-state index in [4.69, 9.17) is 0 Å². The third kappa shape index (κ3) is 3.55. The number of hydrogen-bond acceptors (Lipinski definition) is 3. The normalized spacial score (nSPS) is 12.4. The summed E-state index contributed by atoms with van der Waals surface area (Å²) < 4.78 is 13.9. The maximum atomic E-state index is 13.9. The second kappa shape index (κ2) is 7.31. The average Bonchev–Trinajstić information content (AvgIpc) is 2.61. The summed E-state index contributed by atoms with van der Waals surface area (Å²) in [4.78, 5) is 4.31. The Morgan fingerprint density at radius 2 is 1.87 bits per heavy atom. The van der Waals surface area contributed by atoms with Gasteiger partial charge in [-0.3, -0.25) is 4.98 Å². The van der Waals surface area contributed by atoms with E-state index in [1.165, 1.54) is 6.07 Å². The zero-order valence-corrected chi connectivity index (χ0v) is 12.7. The topological polar surface area (TPSA) is 45.1 Å². The lowest BCUT2D eigenvalue weighted by atomic mass is 10.0. The molecule has 3 nitrogen and oxygen atoms in total. The summed E-state index contributed by atoms with van der Waals surface area (Å²) in [6, 6.07) is 16.8. The van der Waals surface area contributed by atoms with Crippen molar-refractivity contribution in [2.45, 2.75) is 19.0 Å². The van der Waals surface area contributed by atoms with Gasteiger partial charge in [0.1, 0.15) is 5.82 Å². The standard InChI is InChI=1S/C19H19FN2O/c20-17-9-8-15(19-16(17)7-4-11-21-19)13-22-18(10-12-23)14-5-2-1-3-6-14/h1-9,11,18,22-23H,10,12-13H2. The van der Waals surface area contributed by atoms with Crippen LogP contribution in [0, 0.1) is 5.82 Å². The number of aliphatic hydroxyl groups is 1. The van der Waals surface area contributed by atoms with Crippen molar-refractivity contribution in [3.8, 4) is 0 Å². The monoisotopic (exact) mass is 310 g/mol. The van der Waals surface area contributed by atoms with Gasteiger partial charge in [-0.25, -0.2) is 4.39 Å². The lowest BCUT2D eigenvalue weighted by Gasteiger charge is -2.19. The SMILES string of the molecule is OCCC(NCc1ccc(F)c2cccnc12)c1ccccc1. The molecule has 0 fully saturated rings. The van der Waals surface area contributed by atoms with Crippen molar-refractivity contribution in [3.63, 3.8) is 0 Å². The molecule has 2 N–H and O–H groups in total.